The number of piperazine rings is 1. The molecule has 3 heterocycles. The van der Waals surface area contributed by atoms with Crippen LogP contribution in [0.25, 0.3) is 10.3 Å². The molecule has 0 spiro atoms. The second kappa shape index (κ2) is 7.05. The third kappa shape index (κ3) is 3.42. The summed E-state index contributed by atoms with van der Waals surface area (Å²) in [5.74, 6) is -0.511. The highest BCUT2D eigenvalue weighted by Gasteiger charge is 2.23. The fourth-order valence-electron chi connectivity index (χ4n) is 2.77. The minimum atomic E-state index is -0.511. The lowest BCUT2D eigenvalue weighted by Crippen LogP contribution is -2.50. The minimum absolute atomic E-state index is 0.0166. The molecule has 1 aliphatic heterocycles. The number of urea groups is 1. The first-order valence-electron chi connectivity index (χ1n) is 8.07. The zero-order chi connectivity index (χ0) is 18.1. The number of thiazole rings is 1. The molecule has 0 saturated carbocycles. The van der Waals surface area contributed by atoms with E-state index in [1.165, 1.54) is 18.2 Å². The van der Waals surface area contributed by atoms with Gasteiger partial charge in [-0.15, -0.1) is 0 Å². The molecule has 2 amide bonds. The van der Waals surface area contributed by atoms with Crippen LogP contribution in [-0.4, -0.2) is 47.1 Å². The fraction of sp³-hybridized carbons (Fsp3) is 0.235. The molecule has 1 N–H and O–H groups in total. The number of nitrogens with zero attached hydrogens (tertiary/aromatic N) is 4. The molecule has 0 aliphatic carbocycles. The van der Waals surface area contributed by atoms with E-state index in [1.54, 1.807) is 22.4 Å². The summed E-state index contributed by atoms with van der Waals surface area (Å²) >= 11 is 7.30. The van der Waals surface area contributed by atoms with Crippen molar-refractivity contribution in [3.8, 4) is 0 Å². The molecule has 0 radical (unpaired) electrons. The number of benzene rings is 1. The highest BCUT2D eigenvalue weighted by molar-refractivity contribution is 7.21. The normalized spacial score (nSPS) is 14.7. The number of rotatable bonds is 2. The van der Waals surface area contributed by atoms with Crippen LogP contribution in [-0.2, 0) is 0 Å². The van der Waals surface area contributed by atoms with Crippen LogP contribution in [0.4, 0.5) is 20.0 Å². The Hall–Kier alpha value is -2.45. The van der Waals surface area contributed by atoms with E-state index < -0.39 is 5.82 Å². The summed E-state index contributed by atoms with van der Waals surface area (Å²) in [7, 11) is 0. The number of pyridine rings is 1. The largest absolute Gasteiger partial charge is 0.344 e. The fourth-order valence-corrected chi connectivity index (χ4v) is 3.91. The van der Waals surface area contributed by atoms with Crippen molar-refractivity contribution < 1.29 is 9.18 Å². The van der Waals surface area contributed by atoms with Crippen molar-refractivity contribution in [3.05, 3.63) is 47.4 Å². The standard InChI is InChI=1S/C17H15ClFN5OS/c18-12-10-11(3-4-13(12)19)21-16(25)23-6-8-24(9-7-23)17-22-14-2-1-5-20-15(14)26-17/h1-5,10H,6-9H2,(H,21,25). The first-order chi connectivity index (χ1) is 12.6. The van der Waals surface area contributed by atoms with Gasteiger partial charge in [0.05, 0.1) is 5.02 Å². The highest BCUT2D eigenvalue weighted by atomic mass is 35.5. The number of nitrogens with one attached hydrogen (secondary N) is 1. The Labute approximate surface area is 158 Å². The van der Waals surface area contributed by atoms with Gasteiger partial charge in [0.1, 0.15) is 16.2 Å². The molecular weight excluding hydrogens is 377 g/mol. The number of hydrogen-bond donors (Lipinski definition) is 1. The van der Waals surface area contributed by atoms with Gasteiger partial charge in [-0.1, -0.05) is 22.9 Å². The molecule has 0 bridgehead atoms. The van der Waals surface area contributed by atoms with Gasteiger partial charge in [-0.05, 0) is 30.3 Å². The van der Waals surface area contributed by atoms with Gasteiger partial charge < -0.3 is 15.1 Å². The average Bonchev–Trinajstić information content (AvgIpc) is 3.09. The van der Waals surface area contributed by atoms with Gasteiger partial charge in [0.2, 0.25) is 0 Å². The molecule has 9 heteroatoms. The number of anilines is 2. The lowest BCUT2D eigenvalue weighted by atomic mass is 10.3. The minimum Gasteiger partial charge on any atom is -0.344 e. The maximum Gasteiger partial charge on any atom is 0.321 e. The second-order valence-electron chi connectivity index (χ2n) is 5.86. The number of amides is 2. The summed E-state index contributed by atoms with van der Waals surface area (Å²) < 4.78 is 13.2. The summed E-state index contributed by atoms with van der Waals surface area (Å²) in [4.78, 5) is 26.1. The van der Waals surface area contributed by atoms with Gasteiger partial charge >= 0.3 is 6.03 Å². The number of hydrogen-bond acceptors (Lipinski definition) is 5. The first-order valence-corrected chi connectivity index (χ1v) is 9.27. The lowest BCUT2D eigenvalue weighted by Gasteiger charge is -2.34. The first kappa shape index (κ1) is 17.0. The molecule has 2 aromatic heterocycles. The number of carbonyl (C=O) groups excluding carboxylic acids is 1. The van der Waals surface area contributed by atoms with Gasteiger partial charge in [-0.2, -0.15) is 0 Å². The zero-order valence-corrected chi connectivity index (χ0v) is 15.2. The maximum atomic E-state index is 13.2. The summed E-state index contributed by atoms with van der Waals surface area (Å²) in [6.45, 7) is 2.53. The van der Waals surface area contributed by atoms with E-state index in [9.17, 15) is 9.18 Å². The molecule has 1 aromatic carbocycles. The van der Waals surface area contributed by atoms with Crippen LogP contribution < -0.4 is 10.2 Å². The molecular formula is C17H15ClFN5OS. The number of halogens is 2. The van der Waals surface area contributed by atoms with E-state index in [0.717, 1.165) is 15.5 Å². The Kier molecular flexibility index (Phi) is 4.60. The van der Waals surface area contributed by atoms with Gasteiger partial charge in [-0.25, -0.2) is 19.2 Å². The van der Waals surface area contributed by atoms with Crippen LogP contribution in [0.5, 0.6) is 0 Å². The van der Waals surface area contributed by atoms with Crippen molar-refractivity contribution in [1.82, 2.24) is 14.9 Å². The van der Waals surface area contributed by atoms with Crippen molar-refractivity contribution in [3.63, 3.8) is 0 Å². The third-order valence-electron chi connectivity index (χ3n) is 4.16. The van der Waals surface area contributed by atoms with Crippen molar-refractivity contribution in [1.29, 1.82) is 0 Å². The number of fused-ring (bicyclic) bond motifs is 1. The van der Waals surface area contributed by atoms with Crippen molar-refractivity contribution >= 4 is 50.1 Å². The highest BCUT2D eigenvalue weighted by Crippen LogP contribution is 2.27. The molecule has 26 heavy (non-hydrogen) atoms. The quantitative estimate of drug-likeness (QED) is 0.721. The van der Waals surface area contributed by atoms with Gasteiger partial charge in [0, 0.05) is 38.1 Å². The van der Waals surface area contributed by atoms with Crippen molar-refractivity contribution in [2.45, 2.75) is 0 Å². The molecule has 0 atom stereocenters. The van der Waals surface area contributed by atoms with Gasteiger partial charge in [-0.3, -0.25) is 0 Å². The van der Waals surface area contributed by atoms with Crippen LogP contribution in [0.1, 0.15) is 0 Å². The van der Waals surface area contributed by atoms with Crippen LogP contribution in [0.3, 0.4) is 0 Å². The summed E-state index contributed by atoms with van der Waals surface area (Å²) in [5, 5.41) is 3.65. The smallest absolute Gasteiger partial charge is 0.321 e. The Morgan fingerprint density at radius 1 is 1.23 bits per heavy atom. The second-order valence-corrected chi connectivity index (χ2v) is 7.22. The molecule has 0 unspecified atom stereocenters. The summed E-state index contributed by atoms with van der Waals surface area (Å²) in [6.07, 6.45) is 1.76. The molecule has 6 nitrogen and oxygen atoms in total. The van der Waals surface area contributed by atoms with Crippen molar-refractivity contribution in [2.75, 3.05) is 36.4 Å². The third-order valence-corrected chi connectivity index (χ3v) is 5.49. The Morgan fingerprint density at radius 3 is 2.77 bits per heavy atom. The van der Waals surface area contributed by atoms with E-state index in [1.807, 2.05) is 12.1 Å². The summed E-state index contributed by atoms with van der Waals surface area (Å²) in [5.41, 5.74) is 1.36. The van der Waals surface area contributed by atoms with Crippen LogP contribution in [0, 0.1) is 5.82 Å². The molecule has 1 aliphatic rings. The molecule has 1 fully saturated rings. The Morgan fingerprint density at radius 2 is 2.04 bits per heavy atom. The van der Waals surface area contributed by atoms with Crippen LogP contribution in [0.15, 0.2) is 36.5 Å². The van der Waals surface area contributed by atoms with E-state index in [-0.39, 0.29) is 11.1 Å². The van der Waals surface area contributed by atoms with E-state index in [0.29, 0.717) is 31.9 Å². The van der Waals surface area contributed by atoms with E-state index in [2.05, 4.69) is 20.2 Å². The lowest BCUT2D eigenvalue weighted by molar-refractivity contribution is 0.208. The molecule has 3 aromatic rings. The number of aromatic nitrogens is 2. The molecule has 134 valence electrons. The Balaban J connectivity index is 1.38. The predicted octanol–water partition coefficient (Wildman–Crippen LogP) is 3.84. The van der Waals surface area contributed by atoms with Crippen molar-refractivity contribution in [2.24, 2.45) is 0 Å². The van der Waals surface area contributed by atoms with E-state index >= 15 is 0 Å². The topological polar surface area (TPSA) is 61.4 Å². The predicted molar refractivity (Wildman–Crippen MR) is 102 cm³/mol. The summed E-state index contributed by atoms with van der Waals surface area (Å²) in [6, 6.07) is 7.72. The maximum absolute atomic E-state index is 13.2. The SMILES string of the molecule is O=C(Nc1ccc(F)c(Cl)c1)N1CCN(c2nc3cccnc3s2)CC1. The Bertz CT molecular complexity index is 924. The molecule has 1 saturated heterocycles. The van der Waals surface area contributed by atoms with Crippen LogP contribution >= 0.6 is 22.9 Å². The van der Waals surface area contributed by atoms with Gasteiger partial charge in [0.25, 0.3) is 0 Å². The molecule has 4 rings (SSSR count). The van der Waals surface area contributed by atoms with Crippen LogP contribution in [0.2, 0.25) is 5.02 Å². The zero-order valence-electron chi connectivity index (χ0n) is 13.7. The monoisotopic (exact) mass is 391 g/mol. The van der Waals surface area contributed by atoms with Gasteiger partial charge in [0.15, 0.2) is 5.13 Å². The average molecular weight is 392 g/mol. The number of carbonyl (C=O) groups is 1. The van der Waals surface area contributed by atoms with E-state index in [4.69, 9.17) is 11.6 Å².